The molecule has 0 fully saturated rings. The van der Waals surface area contributed by atoms with Crippen molar-refractivity contribution in [1.29, 1.82) is 0 Å². The summed E-state index contributed by atoms with van der Waals surface area (Å²) in [6, 6.07) is 6.02. The van der Waals surface area contributed by atoms with E-state index in [1.807, 2.05) is 19.2 Å². The van der Waals surface area contributed by atoms with Crippen molar-refractivity contribution in [3.05, 3.63) is 30.4 Å². The van der Waals surface area contributed by atoms with Crippen molar-refractivity contribution in [2.45, 2.75) is 0 Å². The van der Waals surface area contributed by atoms with Gasteiger partial charge in [-0.2, -0.15) is 5.10 Å². The summed E-state index contributed by atoms with van der Waals surface area (Å²) in [4.78, 5) is 0. The van der Waals surface area contributed by atoms with E-state index in [2.05, 4.69) is 5.10 Å². The Balaban J connectivity index is 2.86. The van der Waals surface area contributed by atoms with Crippen molar-refractivity contribution in [3.63, 3.8) is 0 Å². The van der Waals surface area contributed by atoms with E-state index in [0.29, 0.717) is 6.04 Å². The SMILES string of the molecule is [2H]c1ccc2c(cnn2C)c1. The van der Waals surface area contributed by atoms with Crippen LogP contribution in [0.25, 0.3) is 10.9 Å². The zero-order chi connectivity index (χ0) is 7.84. The first-order chi connectivity index (χ1) is 5.27. The molecule has 2 heteroatoms. The topological polar surface area (TPSA) is 17.8 Å². The molecule has 0 aliphatic rings. The summed E-state index contributed by atoms with van der Waals surface area (Å²) < 4.78 is 9.15. The first kappa shape index (κ1) is 4.50. The van der Waals surface area contributed by atoms with E-state index in [0.717, 1.165) is 10.9 Å². The Labute approximate surface area is 60.5 Å². The second-order valence-electron chi connectivity index (χ2n) is 2.25. The maximum absolute atomic E-state index is 7.35. The minimum Gasteiger partial charge on any atom is -0.268 e. The average Bonchev–Trinajstić information content (AvgIpc) is 2.32. The van der Waals surface area contributed by atoms with Gasteiger partial charge in [0.15, 0.2) is 0 Å². The molecule has 0 aliphatic carbocycles. The Morgan fingerprint density at radius 3 is 3.40 bits per heavy atom. The third kappa shape index (κ3) is 0.620. The molecular weight excluding hydrogens is 124 g/mol. The van der Waals surface area contributed by atoms with E-state index in [4.69, 9.17) is 1.37 Å². The average molecular weight is 133 g/mol. The highest BCUT2D eigenvalue weighted by molar-refractivity contribution is 5.78. The van der Waals surface area contributed by atoms with Crippen LogP contribution in [-0.2, 0) is 7.05 Å². The van der Waals surface area contributed by atoms with Gasteiger partial charge in [0.2, 0.25) is 0 Å². The van der Waals surface area contributed by atoms with E-state index in [1.54, 1.807) is 16.9 Å². The Kier molecular flexibility index (Phi) is 0.826. The molecule has 0 N–H and O–H groups in total. The number of aromatic nitrogens is 2. The first-order valence-corrected chi connectivity index (χ1v) is 3.16. The van der Waals surface area contributed by atoms with Crippen LogP contribution < -0.4 is 0 Å². The van der Waals surface area contributed by atoms with Gasteiger partial charge in [-0.05, 0) is 6.07 Å². The molecular formula is C8H8N2. The minimum atomic E-state index is 0.533. The molecule has 0 spiro atoms. The highest BCUT2D eigenvalue weighted by Crippen LogP contribution is 2.09. The number of fused-ring (bicyclic) bond motifs is 1. The molecule has 0 radical (unpaired) electrons. The molecule has 0 bridgehead atoms. The number of aryl methyl sites for hydroxylation is 1. The summed E-state index contributed by atoms with van der Waals surface area (Å²) in [7, 11) is 1.89. The molecule has 2 rings (SSSR count). The van der Waals surface area contributed by atoms with Gasteiger partial charge in [0.25, 0.3) is 0 Å². The normalized spacial score (nSPS) is 11.9. The number of rotatable bonds is 0. The van der Waals surface area contributed by atoms with Gasteiger partial charge < -0.3 is 0 Å². The fourth-order valence-corrected chi connectivity index (χ4v) is 1.04. The lowest BCUT2D eigenvalue weighted by atomic mass is 10.3. The maximum atomic E-state index is 7.35. The van der Waals surface area contributed by atoms with Gasteiger partial charge in [-0.15, -0.1) is 0 Å². The zero-order valence-electron chi connectivity index (χ0n) is 6.70. The minimum absolute atomic E-state index is 0.533. The van der Waals surface area contributed by atoms with Gasteiger partial charge in [-0.1, -0.05) is 18.2 Å². The number of benzene rings is 1. The quantitative estimate of drug-likeness (QED) is 0.533. The predicted octanol–water partition coefficient (Wildman–Crippen LogP) is 1.57. The Morgan fingerprint density at radius 1 is 1.60 bits per heavy atom. The molecule has 0 unspecified atom stereocenters. The lowest BCUT2D eigenvalue weighted by Crippen LogP contribution is -1.87. The number of hydrogen-bond donors (Lipinski definition) is 0. The highest BCUT2D eigenvalue weighted by atomic mass is 15.2. The molecule has 2 nitrogen and oxygen atoms in total. The van der Waals surface area contributed by atoms with E-state index in [1.165, 1.54) is 0 Å². The number of hydrogen-bond acceptors (Lipinski definition) is 1. The maximum Gasteiger partial charge on any atom is 0.0679 e. The molecule has 0 saturated carbocycles. The summed E-state index contributed by atoms with van der Waals surface area (Å²) in [5, 5.41) is 5.10. The van der Waals surface area contributed by atoms with E-state index >= 15 is 0 Å². The molecule has 0 saturated heterocycles. The zero-order valence-corrected chi connectivity index (χ0v) is 5.70. The van der Waals surface area contributed by atoms with Crippen LogP contribution in [0, 0.1) is 0 Å². The summed E-state index contributed by atoms with van der Waals surface area (Å²) in [6.45, 7) is 0. The Hall–Kier alpha value is -1.31. The summed E-state index contributed by atoms with van der Waals surface area (Å²) in [5.41, 5.74) is 1.07. The van der Waals surface area contributed by atoms with Crippen LogP contribution in [0.4, 0.5) is 0 Å². The van der Waals surface area contributed by atoms with Crippen LogP contribution in [0.3, 0.4) is 0 Å². The van der Waals surface area contributed by atoms with E-state index < -0.39 is 0 Å². The summed E-state index contributed by atoms with van der Waals surface area (Å²) in [5.74, 6) is 0. The van der Waals surface area contributed by atoms with Crippen LogP contribution in [0.2, 0.25) is 0 Å². The van der Waals surface area contributed by atoms with E-state index in [-0.39, 0.29) is 0 Å². The van der Waals surface area contributed by atoms with Crippen LogP contribution in [0.5, 0.6) is 0 Å². The van der Waals surface area contributed by atoms with Gasteiger partial charge in [0.1, 0.15) is 0 Å². The van der Waals surface area contributed by atoms with Gasteiger partial charge in [0, 0.05) is 12.4 Å². The van der Waals surface area contributed by atoms with Gasteiger partial charge >= 0.3 is 0 Å². The van der Waals surface area contributed by atoms with Crippen molar-refractivity contribution >= 4 is 10.9 Å². The van der Waals surface area contributed by atoms with E-state index in [9.17, 15) is 0 Å². The van der Waals surface area contributed by atoms with Crippen LogP contribution in [-0.4, -0.2) is 9.78 Å². The molecule has 0 atom stereocenters. The Morgan fingerprint density at radius 2 is 2.50 bits per heavy atom. The molecule has 0 aliphatic heterocycles. The summed E-state index contributed by atoms with van der Waals surface area (Å²) >= 11 is 0. The van der Waals surface area contributed by atoms with Gasteiger partial charge in [-0.25, -0.2) is 0 Å². The molecule has 10 heavy (non-hydrogen) atoms. The third-order valence-corrected chi connectivity index (χ3v) is 1.59. The van der Waals surface area contributed by atoms with Gasteiger partial charge in [-0.3, -0.25) is 4.68 Å². The monoisotopic (exact) mass is 133 g/mol. The van der Waals surface area contributed by atoms with Gasteiger partial charge in [0.05, 0.1) is 13.1 Å². The standard InChI is InChI=1S/C8H8N2/c1-10-8-5-3-2-4-7(8)6-9-10/h2-6H,1H3/i2D. The van der Waals surface area contributed by atoms with Crippen molar-refractivity contribution in [3.8, 4) is 0 Å². The molecule has 50 valence electrons. The largest absolute Gasteiger partial charge is 0.268 e. The lowest BCUT2D eigenvalue weighted by molar-refractivity contribution is 0.797. The van der Waals surface area contributed by atoms with Crippen molar-refractivity contribution < 1.29 is 1.37 Å². The van der Waals surface area contributed by atoms with Crippen molar-refractivity contribution in [2.75, 3.05) is 0 Å². The number of para-hydroxylation sites is 1. The predicted molar refractivity (Wildman–Crippen MR) is 40.7 cm³/mol. The molecule has 2 aromatic rings. The van der Waals surface area contributed by atoms with Crippen molar-refractivity contribution in [1.82, 2.24) is 9.78 Å². The molecule has 1 aromatic carbocycles. The molecule has 1 aromatic heterocycles. The number of nitrogens with zero attached hydrogens (tertiary/aromatic N) is 2. The molecule has 1 heterocycles. The second kappa shape index (κ2) is 1.84. The van der Waals surface area contributed by atoms with Crippen molar-refractivity contribution in [2.24, 2.45) is 7.05 Å². The fourth-order valence-electron chi connectivity index (χ4n) is 1.04. The Bertz CT molecular complexity index is 392. The molecule has 0 amide bonds. The third-order valence-electron chi connectivity index (χ3n) is 1.59. The summed E-state index contributed by atoms with van der Waals surface area (Å²) in [6.07, 6.45) is 1.77. The lowest BCUT2D eigenvalue weighted by Gasteiger charge is -1.90. The first-order valence-electron chi connectivity index (χ1n) is 3.66. The van der Waals surface area contributed by atoms with Crippen LogP contribution >= 0.6 is 0 Å². The fraction of sp³-hybridized carbons (Fsp3) is 0.125. The van der Waals surface area contributed by atoms with Crippen LogP contribution in [0.1, 0.15) is 1.37 Å². The highest BCUT2D eigenvalue weighted by Gasteiger charge is 1.93. The van der Waals surface area contributed by atoms with Crippen LogP contribution in [0.15, 0.2) is 30.4 Å². The smallest absolute Gasteiger partial charge is 0.0679 e. The second-order valence-corrected chi connectivity index (χ2v) is 2.25.